The molecule has 1 saturated heterocycles. The minimum absolute atomic E-state index is 0.00855. The molecule has 35 heavy (non-hydrogen) atoms. The molecule has 4 rings (SSSR count). The van der Waals surface area contributed by atoms with E-state index >= 15 is 0 Å². The standard InChI is InChI=1S/C27H31ClN2O3S2/c1-17-8-9-25(22(28)14-17)35(32,33)29-23-10-13-34-27(23)24(31)16-21-18(2)15-19(3)26(20(21)4)30-11-6-5-7-12-30/h8-10,13-15,29H,5-7,11-12,16H2,1-4H3. The smallest absolute Gasteiger partial charge is 0.263 e. The van der Waals surface area contributed by atoms with Gasteiger partial charge in [0.15, 0.2) is 5.78 Å². The van der Waals surface area contributed by atoms with Gasteiger partial charge in [-0.1, -0.05) is 23.7 Å². The lowest BCUT2D eigenvalue weighted by atomic mass is 9.92. The van der Waals surface area contributed by atoms with Crippen LogP contribution in [0.3, 0.4) is 0 Å². The average Bonchev–Trinajstić information content (AvgIpc) is 3.24. The molecular weight excluding hydrogens is 500 g/mol. The summed E-state index contributed by atoms with van der Waals surface area (Å²) in [7, 11) is -3.94. The van der Waals surface area contributed by atoms with Crippen LogP contribution in [0.15, 0.2) is 40.6 Å². The molecule has 0 amide bonds. The van der Waals surface area contributed by atoms with Crippen LogP contribution in [0.4, 0.5) is 11.4 Å². The number of aryl methyl sites for hydroxylation is 3. The van der Waals surface area contributed by atoms with E-state index in [1.165, 1.54) is 47.9 Å². The maximum absolute atomic E-state index is 13.4. The highest BCUT2D eigenvalue weighted by Crippen LogP contribution is 2.34. The Hall–Kier alpha value is -2.35. The van der Waals surface area contributed by atoms with Crippen molar-refractivity contribution in [1.82, 2.24) is 0 Å². The summed E-state index contributed by atoms with van der Waals surface area (Å²) in [5, 5.41) is 1.88. The summed E-state index contributed by atoms with van der Waals surface area (Å²) in [6.45, 7) is 10.2. The zero-order chi connectivity index (χ0) is 25.3. The Morgan fingerprint density at radius 2 is 1.74 bits per heavy atom. The lowest BCUT2D eigenvalue weighted by Gasteiger charge is -2.33. The number of hydrogen-bond donors (Lipinski definition) is 1. The molecular formula is C27H31ClN2O3S2. The van der Waals surface area contributed by atoms with E-state index in [-0.39, 0.29) is 27.8 Å². The third-order valence-corrected chi connectivity index (χ3v) is 9.44. The van der Waals surface area contributed by atoms with Crippen LogP contribution < -0.4 is 9.62 Å². The Kier molecular flexibility index (Phi) is 7.60. The average molecular weight is 531 g/mol. The summed E-state index contributed by atoms with van der Waals surface area (Å²) < 4.78 is 28.6. The summed E-state index contributed by atoms with van der Waals surface area (Å²) >= 11 is 7.45. The van der Waals surface area contributed by atoms with Gasteiger partial charge in [-0.15, -0.1) is 11.3 Å². The van der Waals surface area contributed by atoms with Crippen LogP contribution in [0.5, 0.6) is 0 Å². The van der Waals surface area contributed by atoms with Crippen molar-refractivity contribution in [3.63, 3.8) is 0 Å². The van der Waals surface area contributed by atoms with Crippen LogP contribution in [0, 0.1) is 27.7 Å². The van der Waals surface area contributed by atoms with E-state index in [1.54, 1.807) is 23.6 Å². The second-order valence-electron chi connectivity index (χ2n) is 9.31. The fourth-order valence-corrected chi connectivity index (χ4v) is 7.49. The zero-order valence-corrected chi connectivity index (χ0v) is 23.0. The molecule has 8 heteroatoms. The Bertz CT molecular complexity index is 1370. The molecule has 0 saturated carbocycles. The molecule has 3 aromatic rings. The molecule has 2 aromatic carbocycles. The minimum atomic E-state index is -3.94. The molecule has 0 radical (unpaired) electrons. The van der Waals surface area contributed by atoms with Crippen LogP contribution in [-0.4, -0.2) is 27.3 Å². The molecule has 1 aliphatic rings. The number of anilines is 2. The van der Waals surface area contributed by atoms with E-state index in [2.05, 4.69) is 29.5 Å². The predicted molar refractivity (Wildman–Crippen MR) is 146 cm³/mol. The SMILES string of the molecule is Cc1ccc(S(=O)(=O)Nc2ccsc2C(=O)Cc2c(C)cc(C)c(N3CCCCC3)c2C)c(Cl)c1. The van der Waals surface area contributed by atoms with E-state index in [9.17, 15) is 13.2 Å². The quantitative estimate of drug-likeness (QED) is 0.339. The Balaban J connectivity index is 1.61. The van der Waals surface area contributed by atoms with Crippen LogP contribution in [-0.2, 0) is 16.4 Å². The maximum atomic E-state index is 13.4. The fourth-order valence-electron chi connectivity index (χ4n) is 4.96. The molecule has 0 bridgehead atoms. The minimum Gasteiger partial charge on any atom is -0.371 e. The molecule has 1 aliphatic heterocycles. The first-order valence-corrected chi connectivity index (χ1v) is 14.6. The van der Waals surface area contributed by atoms with Crippen LogP contribution in [0.25, 0.3) is 0 Å². The first-order chi connectivity index (χ1) is 16.6. The number of halogens is 1. The molecule has 0 unspecified atom stereocenters. The number of nitrogens with one attached hydrogen (secondary N) is 1. The zero-order valence-electron chi connectivity index (χ0n) is 20.6. The predicted octanol–water partition coefficient (Wildman–Crippen LogP) is 6.85. The van der Waals surface area contributed by atoms with Crippen LogP contribution in [0.1, 0.15) is 56.8 Å². The van der Waals surface area contributed by atoms with Gasteiger partial charge in [0.2, 0.25) is 0 Å². The van der Waals surface area contributed by atoms with Crippen molar-refractivity contribution in [3.8, 4) is 0 Å². The number of carbonyl (C=O) groups excluding carboxylic acids is 1. The van der Waals surface area contributed by atoms with E-state index in [1.807, 2.05) is 13.8 Å². The molecule has 0 spiro atoms. The monoisotopic (exact) mass is 530 g/mol. The molecule has 0 atom stereocenters. The molecule has 2 heterocycles. The van der Waals surface area contributed by atoms with Crippen molar-refractivity contribution in [1.29, 1.82) is 0 Å². The van der Waals surface area contributed by atoms with Gasteiger partial charge in [-0.2, -0.15) is 0 Å². The van der Waals surface area contributed by atoms with Gasteiger partial charge in [0, 0.05) is 25.2 Å². The Morgan fingerprint density at radius 1 is 1.03 bits per heavy atom. The lowest BCUT2D eigenvalue weighted by molar-refractivity contribution is 0.0997. The van der Waals surface area contributed by atoms with E-state index < -0.39 is 10.0 Å². The van der Waals surface area contributed by atoms with E-state index in [0.717, 1.165) is 35.3 Å². The molecule has 1 N–H and O–H groups in total. The molecule has 1 aromatic heterocycles. The number of sulfonamides is 1. The van der Waals surface area contributed by atoms with Gasteiger partial charge >= 0.3 is 0 Å². The normalized spacial score (nSPS) is 14.3. The number of carbonyl (C=O) groups is 1. The Labute approximate surface area is 217 Å². The van der Waals surface area contributed by atoms with Crippen molar-refractivity contribution in [2.45, 2.75) is 58.3 Å². The number of piperidine rings is 1. The number of nitrogens with zero attached hydrogens (tertiary/aromatic N) is 1. The first-order valence-electron chi connectivity index (χ1n) is 11.8. The topological polar surface area (TPSA) is 66.5 Å². The van der Waals surface area contributed by atoms with Crippen molar-refractivity contribution in [2.75, 3.05) is 22.7 Å². The van der Waals surface area contributed by atoms with Gasteiger partial charge in [-0.3, -0.25) is 9.52 Å². The summed E-state index contributed by atoms with van der Waals surface area (Å²) in [6.07, 6.45) is 3.85. The summed E-state index contributed by atoms with van der Waals surface area (Å²) in [4.78, 5) is 16.3. The third kappa shape index (κ3) is 5.42. The molecule has 186 valence electrons. The number of Topliss-reactive ketones (excluding diaryl/α,β-unsaturated/α-hetero) is 1. The first kappa shape index (κ1) is 25.7. The fraction of sp³-hybridized carbons (Fsp3) is 0.370. The van der Waals surface area contributed by atoms with Gasteiger partial charge in [0.1, 0.15) is 4.90 Å². The number of rotatable bonds is 7. The van der Waals surface area contributed by atoms with E-state index in [0.29, 0.717) is 4.88 Å². The highest BCUT2D eigenvalue weighted by Gasteiger charge is 2.24. The third-order valence-electron chi connectivity index (χ3n) is 6.64. The van der Waals surface area contributed by atoms with Crippen molar-refractivity contribution in [2.24, 2.45) is 0 Å². The van der Waals surface area contributed by atoms with Gasteiger partial charge in [-0.25, -0.2) is 8.42 Å². The van der Waals surface area contributed by atoms with Gasteiger partial charge < -0.3 is 4.90 Å². The largest absolute Gasteiger partial charge is 0.371 e. The second-order valence-corrected chi connectivity index (χ2v) is 12.3. The summed E-state index contributed by atoms with van der Waals surface area (Å²) in [5.41, 5.74) is 6.87. The van der Waals surface area contributed by atoms with Crippen molar-refractivity contribution < 1.29 is 13.2 Å². The van der Waals surface area contributed by atoms with Gasteiger partial charge in [-0.05, 0) is 98.4 Å². The second kappa shape index (κ2) is 10.3. The maximum Gasteiger partial charge on any atom is 0.263 e. The van der Waals surface area contributed by atoms with Gasteiger partial charge in [0.05, 0.1) is 15.6 Å². The number of thiophene rings is 1. The van der Waals surface area contributed by atoms with Gasteiger partial charge in [0.25, 0.3) is 10.0 Å². The van der Waals surface area contributed by atoms with Crippen molar-refractivity contribution >= 4 is 50.1 Å². The van der Waals surface area contributed by atoms with Crippen LogP contribution in [0.2, 0.25) is 5.02 Å². The highest BCUT2D eigenvalue weighted by molar-refractivity contribution is 7.92. The number of ketones is 1. The van der Waals surface area contributed by atoms with Crippen molar-refractivity contribution in [3.05, 3.63) is 73.4 Å². The van der Waals surface area contributed by atoms with Crippen LogP contribution >= 0.6 is 22.9 Å². The molecule has 5 nitrogen and oxygen atoms in total. The summed E-state index contributed by atoms with van der Waals surface area (Å²) in [5.74, 6) is -0.104. The summed E-state index contributed by atoms with van der Waals surface area (Å²) in [6, 6.07) is 8.58. The number of hydrogen-bond acceptors (Lipinski definition) is 5. The highest BCUT2D eigenvalue weighted by atomic mass is 35.5. The molecule has 0 aliphatic carbocycles. The number of benzene rings is 2. The lowest BCUT2D eigenvalue weighted by Crippen LogP contribution is -2.31. The Morgan fingerprint density at radius 3 is 2.43 bits per heavy atom. The molecule has 1 fully saturated rings. The van der Waals surface area contributed by atoms with E-state index in [4.69, 9.17) is 11.6 Å².